The maximum atomic E-state index is 11.1. The zero-order chi connectivity index (χ0) is 29.0. The smallest absolute Gasteiger partial charge is 0.187 e. The summed E-state index contributed by atoms with van der Waals surface area (Å²) in [6, 6.07) is 6.54. The molecule has 0 bridgehead atoms. The second-order valence-corrected chi connectivity index (χ2v) is 11.4. The number of benzene rings is 1. The van der Waals surface area contributed by atoms with Crippen LogP contribution in [0.5, 0.6) is 0 Å². The number of aromatic nitrogens is 1. The topological polar surface area (TPSA) is 198 Å². The Morgan fingerprint density at radius 1 is 0.927 bits per heavy atom. The normalized spacial score (nSPS) is 41.3. The minimum Gasteiger partial charge on any atom is -0.394 e. The first-order valence-electron chi connectivity index (χ1n) is 13.9. The molecule has 0 spiro atoms. The summed E-state index contributed by atoms with van der Waals surface area (Å²) in [6.45, 7) is -0.538. The average Bonchev–Trinajstić information content (AvgIpc) is 3.39. The van der Waals surface area contributed by atoms with Gasteiger partial charge in [-0.25, -0.2) is 0 Å². The molecule has 13 nitrogen and oxygen atoms in total. The molecule has 1 aromatic heterocycles. The van der Waals surface area contributed by atoms with Gasteiger partial charge in [-0.15, -0.1) is 0 Å². The lowest BCUT2D eigenvalue weighted by Crippen LogP contribution is -2.64. The number of aliphatic hydroxyl groups excluding tert-OH is 7. The molecule has 0 saturated carbocycles. The van der Waals surface area contributed by atoms with Crippen LogP contribution in [-0.2, 0) is 25.4 Å². The Balaban J connectivity index is 1.18. The molecule has 6 rings (SSSR count). The Labute approximate surface area is 236 Å². The van der Waals surface area contributed by atoms with Crippen LogP contribution >= 0.6 is 0 Å². The van der Waals surface area contributed by atoms with E-state index in [9.17, 15) is 35.7 Å². The van der Waals surface area contributed by atoms with Crippen molar-refractivity contribution in [1.29, 1.82) is 0 Å². The lowest BCUT2D eigenvalue weighted by atomic mass is 9.77. The molecule has 0 amide bonds. The predicted octanol–water partition coefficient (Wildman–Crippen LogP) is -2.31. The van der Waals surface area contributed by atoms with Crippen LogP contribution in [0.4, 0.5) is 0 Å². The molecule has 0 unspecified atom stereocenters. The number of ether oxygens (including phenoxy) is 4. The summed E-state index contributed by atoms with van der Waals surface area (Å²) in [4.78, 5) is 5.64. The second-order valence-electron chi connectivity index (χ2n) is 11.4. The Bertz CT molecular complexity index is 1250. The Kier molecular flexibility index (Phi) is 8.24. The monoisotopic (exact) mass is 578 g/mol. The number of hydrogen-bond donors (Lipinski definition) is 8. The van der Waals surface area contributed by atoms with Crippen molar-refractivity contribution in [2.24, 2.45) is 0 Å². The standard InChI is InChI=1S/C28H38N2O11/c1-30-8-12(5-15-14-3-2-4-16-20(14)13(7-29-16)6-17(15)30)11-38-27-25(37)26(22(34)19(10-32)39-27)41-28-24(36)23(35)21(33)18(9-31)40-28/h2-5,7,15,17-19,21-29,31-37H,6,8-11H2,1H3/t15-,17-,18-,19-,21+,22+,23+,24-,25-,26+,27+,28-/m1/s1. The highest BCUT2D eigenvalue weighted by Crippen LogP contribution is 2.42. The first-order valence-corrected chi connectivity index (χ1v) is 13.9. The molecular formula is C28H38N2O11. The summed E-state index contributed by atoms with van der Waals surface area (Å²) in [7, 11) is 2.07. The molecule has 4 aliphatic rings. The molecule has 12 atom stereocenters. The van der Waals surface area contributed by atoms with Gasteiger partial charge in [0.25, 0.3) is 0 Å². The molecule has 0 radical (unpaired) electrons. The van der Waals surface area contributed by atoms with E-state index in [1.54, 1.807) is 0 Å². The van der Waals surface area contributed by atoms with Crippen molar-refractivity contribution in [1.82, 2.24) is 9.88 Å². The van der Waals surface area contributed by atoms with E-state index >= 15 is 0 Å². The molecule has 1 aromatic carbocycles. The van der Waals surface area contributed by atoms with Crippen LogP contribution in [0.1, 0.15) is 17.0 Å². The first kappa shape index (κ1) is 29.1. The van der Waals surface area contributed by atoms with E-state index in [-0.39, 0.29) is 18.6 Å². The number of aromatic amines is 1. The van der Waals surface area contributed by atoms with Gasteiger partial charge in [0, 0.05) is 35.6 Å². The summed E-state index contributed by atoms with van der Waals surface area (Å²) in [6.07, 6.45) is -9.73. The minimum atomic E-state index is -1.74. The van der Waals surface area contributed by atoms with Crippen LogP contribution in [0.25, 0.3) is 10.9 Å². The predicted molar refractivity (Wildman–Crippen MR) is 142 cm³/mol. The van der Waals surface area contributed by atoms with Crippen LogP contribution in [0.3, 0.4) is 0 Å². The van der Waals surface area contributed by atoms with Gasteiger partial charge < -0.3 is 59.7 Å². The highest BCUT2D eigenvalue weighted by Gasteiger charge is 2.51. The maximum absolute atomic E-state index is 11.1. The van der Waals surface area contributed by atoms with Crippen LogP contribution in [0.15, 0.2) is 36.0 Å². The lowest BCUT2D eigenvalue weighted by molar-refractivity contribution is -0.359. The zero-order valence-electron chi connectivity index (χ0n) is 22.6. The highest BCUT2D eigenvalue weighted by molar-refractivity contribution is 5.88. The number of rotatable bonds is 7. The SMILES string of the molecule is CN1CC(CO[C@H]2O[C@H](CO)[C@H](O)[C@H](O[C@H]3O[C@H](CO)[C@H](O)[C@H](O)[C@H]3O)[C@H]2O)=C[C@@H]2c3cccc4[nH]cc(c34)C[C@H]21. The third kappa shape index (κ3) is 5.13. The summed E-state index contributed by atoms with van der Waals surface area (Å²) in [5, 5.41) is 72.9. The van der Waals surface area contributed by atoms with E-state index in [2.05, 4.69) is 41.3 Å². The number of fused-ring (bicyclic) bond motifs is 2. The van der Waals surface area contributed by atoms with Crippen LogP contribution in [0, 0.1) is 0 Å². The number of hydrogen-bond acceptors (Lipinski definition) is 12. The number of aliphatic hydroxyl groups is 7. The molecular weight excluding hydrogens is 540 g/mol. The van der Waals surface area contributed by atoms with Gasteiger partial charge in [0.05, 0.1) is 19.8 Å². The van der Waals surface area contributed by atoms with Crippen molar-refractivity contribution in [2.45, 2.75) is 79.8 Å². The molecule has 2 fully saturated rings. The first-order chi connectivity index (χ1) is 19.7. The fraction of sp³-hybridized carbons (Fsp3) is 0.643. The van der Waals surface area contributed by atoms with E-state index < -0.39 is 74.6 Å². The lowest BCUT2D eigenvalue weighted by Gasteiger charge is -2.46. The van der Waals surface area contributed by atoms with Crippen molar-refractivity contribution in [3.05, 3.63) is 47.2 Å². The maximum Gasteiger partial charge on any atom is 0.187 e. The van der Waals surface area contributed by atoms with Gasteiger partial charge in [0.15, 0.2) is 12.6 Å². The summed E-state index contributed by atoms with van der Waals surface area (Å²) >= 11 is 0. The van der Waals surface area contributed by atoms with Crippen LogP contribution in [-0.4, -0.2) is 146 Å². The molecule has 3 aliphatic heterocycles. The molecule has 1 aliphatic carbocycles. The molecule has 13 heteroatoms. The van der Waals surface area contributed by atoms with Crippen molar-refractivity contribution < 1.29 is 54.7 Å². The van der Waals surface area contributed by atoms with E-state index in [1.165, 1.54) is 16.5 Å². The average molecular weight is 579 g/mol. The summed E-state index contributed by atoms with van der Waals surface area (Å²) < 4.78 is 22.7. The van der Waals surface area contributed by atoms with E-state index in [0.717, 1.165) is 17.5 Å². The molecule has 8 N–H and O–H groups in total. The van der Waals surface area contributed by atoms with Gasteiger partial charge >= 0.3 is 0 Å². The van der Waals surface area contributed by atoms with Crippen LogP contribution in [0.2, 0.25) is 0 Å². The molecule has 226 valence electrons. The van der Waals surface area contributed by atoms with Gasteiger partial charge in [-0.05, 0) is 36.2 Å². The third-order valence-electron chi connectivity index (χ3n) is 8.85. The van der Waals surface area contributed by atoms with Gasteiger partial charge in [-0.1, -0.05) is 18.2 Å². The van der Waals surface area contributed by atoms with Crippen molar-refractivity contribution in [3.8, 4) is 0 Å². The molecule has 4 heterocycles. The van der Waals surface area contributed by atoms with Gasteiger partial charge in [-0.2, -0.15) is 0 Å². The minimum absolute atomic E-state index is 0.103. The Hall–Kier alpha value is -1.98. The van der Waals surface area contributed by atoms with E-state index in [0.29, 0.717) is 6.54 Å². The van der Waals surface area contributed by atoms with Crippen molar-refractivity contribution in [2.75, 3.05) is 33.4 Å². The second kappa shape index (κ2) is 11.6. The summed E-state index contributed by atoms with van der Waals surface area (Å²) in [5.41, 5.74) is 4.62. The fourth-order valence-corrected chi connectivity index (χ4v) is 6.63. The van der Waals surface area contributed by atoms with Gasteiger partial charge in [0.2, 0.25) is 0 Å². The van der Waals surface area contributed by atoms with E-state index in [1.807, 2.05) is 6.07 Å². The largest absolute Gasteiger partial charge is 0.394 e. The quantitative estimate of drug-likeness (QED) is 0.164. The highest BCUT2D eigenvalue weighted by atomic mass is 16.7. The number of nitrogens with one attached hydrogen (secondary N) is 1. The van der Waals surface area contributed by atoms with Crippen molar-refractivity contribution in [3.63, 3.8) is 0 Å². The van der Waals surface area contributed by atoms with E-state index in [4.69, 9.17) is 18.9 Å². The Morgan fingerprint density at radius 2 is 1.66 bits per heavy atom. The number of H-pyrrole nitrogens is 1. The third-order valence-corrected chi connectivity index (χ3v) is 8.85. The number of likely N-dealkylation sites (N-methyl/N-ethyl adjacent to an activating group) is 1. The zero-order valence-corrected chi connectivity index (χ0v) is 22.6. The van der Waals surface area contributed by atoms with Gasteiger partial charge in [-0.3, -0.25) is 4.90 Å². The molecule has 41 heavy (non-hydrogen) atoms. The summed E-state index contributed by atoms with van der Waals surface area (Å²) in [5.74, 6) is 0.144. The number of nitrogens with zero attached hydrogens (tertiary/aromatic N) is 1. The van der Waals surface area contributed by atoms with Crippen LogP contribution < -0.4 is 0 Å². The Morgan fingerprint density at radius 3 is 2.41 bits per heavy atom. The molecule has 2 saturated heterocycles. The van der Waals surface area contributed by atoms with Gasteiger partial charge in [0.1, 0.15) is 48.8 Å². The van der Waals surface area contributed by atoms with Crippen molar-refractivity contribution >= 4 is 10.9 Å². The molecule has 2 aromatic rings. The fourth-order valence-electron chi connectivity index (χ4n) is 6.63.